The van der Waals surface area contributed by atoms with Gasteiger partial charge >= 0.3 is 6.21 Å². The van der Waals surface area contributed by atoms with E-state index in [-0.39, 0.29) is 5.78 Å². The SMILES string of the molecule is C/C(=C/C1(C(=O)C=[N+]=[N-])CC1)c1ccccc1. The molecule has 1 aliphatic carbocycles. The Hall–Kier alpha value is -1.99. The van der Waals surface area contributed by atoms with Crippen LogP contribution in [0.4, 0.5) is 0 Å². The summed E-state index contributed by atoms with van der Waals surface area (Å²) < 4.78 is 0. The van der Waals surface area contributed by atoms with Gasteiger partial charge in [0.05, 0.1) is 5.41 Å². The fourth-order valence-corrected chi connectivity index (χ4v) is 1.98. The largest absolute Gasteiger partial charge is 0.361 e. The lowest BCUT2D eigenvalue weighted by molar-refractivity contribution is -0.119. The van der Waals surface area contributed by atoms with Crippen molar-refractivity contribution in [2.45, 2.75) is 19.8 Å². The molecular weight excluding hydrogens is 212 g/mol. The fraction of sp³-hybridized carbons (Fsp3) is 0.286. The third-order valence-corrected chi connectivity index (χ3v) is 3.18. The predicted octanol–water partition coefficient (Wildman–Crippen LogP) is 2.74. The summed E-state index contributed by atoms with van der Waals surface area (Å²) >= 11 is 0. The number of rotatable bonds is 4. The van der Waals surface area contributed by atoms with E-state index in [1.165, 1.54) is 0 Å². The molecule has 0 unspecified atom stereocenters. The smallest absolute Gasteiger partial charge is 0.324 e. The van der Waals surface area contributed by atoms with Crippen LogP contribution in [0.5, 0.6) is 0 Å². The van der Waals surface area contributed by atoms with Crippen LogP contribution in [0.15, 0.2) is 36.4 Å². The van der Waals surface area contributed by atoms with Crippen LogP contribution in [0.2, 0.25) is 0 Å². The molecule has 86 valence electrons. The van der Waals surface area contributed by atoms with Gasteiger partial charge in [-0.2, -0.15) is 4.79 Å². The van der Waals surface area contributed by atoms with E-state index >= 15 is 0 Å². The summed E-state index contributed by atoms with van der Waals surface area (Å²) in [4.78, 5) is 14.6. The number of nitrogens with zero attached hydrogens (tertiary/aromatic N) is 2. The lowest BCUT2D eigenvalue weighted by Crippen LogP contribution is -2.15. The Labute approximate surface area is 100 Å². The van der Waals surface area contributed by atoms with Gasteiger partial charge in [-0.05, 0) is 30.9 Å². The monoisotopic (exact) mass is 226 g/mol. The van der Waals surface area contributed by atoms with Crippen LogP contribution in [0.1, 0.15) is 25.3 Å². The zero-order valence-electron chi connectivity index (χ0n) is 9.76. The van der Waals surface area contributed by atoms with Crippen LogP contribution in [0.25, 0.3) is 11.1 Å². The van der Waals surface area contributed by atoms with Crippen molar-refractivity contribution in [1.82, 2.24) is 0 Å². The van der Waals surface area contributed by atoms with Gasteiger partial charge in [-0.25, -0.2) is 0 Å². The molecule has 0 radical (unpaired) electrons. The van der Waals surface area contributed by atoms with Crippen LogP contribution in [0.3, 0.4) is 0 Å². The van der Waals surface area contributed by atoms with Crippen LogP contribution < -0.4 is 0 Å². The number of hydrogen-bond donors (Lipinski definition) is 0. The minimum absolute atomic E-state index is 0.115. The number of Topliss-reactive ketones (excluding diaryl/α,β-unsaturated/α-hetero) is 1. The van der Waals surface area contributed by atoms with Gasteiger partial charge in [-0.3, -0.25) is 4.79 Å². The van der Waals surface area contributed by atoms with Gasteiger partial charge in [0.25, 0.3) is 0 Å². The minimum atomic E-state index is -0.424. The fourth-order valence-electron chi connectivity index (χ4n) is 1.98. The molecule has 0 amide bonds. The molecule has 1 aromatic carbocycles. The zero-order chi connectivity index (χ0) is 12.3. The molecule has 3 nitrogen and oxygen atoms in total. The first kappa shape index (κ1) is 11.5. The summed E-state index contributed by atoms with van der Waals surface area (Å²) in [5, 5.41) is 0. The number of benzene rings is 1. The highest BCUT2D eigenvalue weighted by Gasteiger charge is 2.48. The molecule has 0 spiro atoms. The molecule has 1 aromatic rings. The molecule has 0 atom stereocenters. The summed E-state index contributed by atoms with van der Waals surface area (Å²) in [6.07, 6.45) is 4.66. The van der Waals surface area contributed by atoms with E-state index in [9.17, 15) is 4.79 Å². The first-order valence-corrected chi connectivity index (χ1v) is 5.65. The van der Waals surface area contributed by atoms with E-state index in [1.54, 1.807) is 0 Å². The predicted molar refractivity (Wildman–Crippen MR) is 66.5 cm³/mol. The van der Waals surface area contributed by atoms with E-state index in [2.05, 4.69) is 4.79 Å². The van der Waals surface area contributed by atoms with Crippen LogP contribution in [-0.4, -0.2) is 16.8 Å². The van der Waals surface area contributed by atoms with Gasteiger partial charge in [0.15, 0.2) is 0 Å². The van der Waals surface area contributed by atoms with Gasteiger partial charge in [0, 0.05) is 0 Å². The summed E-state index contributed by atoms with van der Waals surface area (Å²) in [7, 11) is 0. The number of hydrogen-bond acceptors (Lipinski definition) is 1. The average Bonchev–Trinajstić information content (AvgIpc) is 3.11. The highest BCUT2D eigenvalue weighted by Crippen LogP contribution is 2.49. The molecule has 0 N–H and O–H groups in total. The third-order valence-electron chi connectivity index (χ3n) is 3.18. The molecule has 0 bridgehead atoms. The number of allylic oxidation sites excluding steroid dienone is 2. The number of carbonyl (C=O) groups excluding carboxylic acids is 1. The van der Waals surface area contributed by atoms with E-state index < -0.39 is 5.41 Å². The lowest BCUT2D eigenvalue weighted by Gasteiger charge is -2.06. The molecule has 1 fully saturated rings. The summed E-state index contributed by atoms with van der Waals surface area (Å²) in [6, 6.07) is 9.96. The normalized spacial score (nSPS) is 17.1. The van der Waals surface area contributed by atoms with E-state index in [0.29, 0.717) is 0 Å². The maximum atomic E-state index is 11.7. The Morgan fingerprint density at radius 3 is 2.53 bits per heavy atom. The van der Waals surface area contributed by atoms with Crippen LogP contribution in [-0.2, 0) is 4.79 Å². The third kappa shape index (κ3) is 2.40. The van der Waals surface area contributed by atoms with Crippen molar-refractivity contribution >= 4 is 17.6 Å². The van der Waals surface area contributed by atoms with E-state index in [0.717, 1.165) is 30.2 Å². The first-order valence-electron chi connectivity index (χ1n) is 5.65. The quantitative estimate of drug-likeness (QED) is 0.442. The number of ketones is 1. The molecule has 17 heavy (non-hydrogen) atoms. The highest BCUT2D eigenvalue weighted by molar-refractivity contribution is 6.29. The van der Waals surface area contributed by atoms with Crippen molar-refractivity contribution in [3.63, 3.8) is 0 Å². The van der Waals surface area contributed by atoms with Crippen molar-refractivity contribution in [2.24, 2.45) is 5.41 Å². The second-order valence-electron chi connectivity index (χ2n) is 4.46. The molecule has 2 rings (SSSR count). The molecule has 0 saturated heterocycles. The van der Waals surface area contributed by atoms with Crippen molar-refractivity contribution in [2.75, 3.05) is 0 Å². The molecule has 0 heterocycles. The van der Waals surface area contributed by atoms with Crippen molar-refractivity contribution in [1.29, 1.82) is 0 Å². The van der Waals surface area contributed by atoms with E-state index in [1.807, 2.05) is 43.3 Å². The summed E-state index contributed by atoms with van der Waals surface area (Å²) in [5.74, 6) is -0.115. The van der Waals surface area contributed by atoms with Gasteiger partial charge in [-0.1, -0.05) is 36.4 Å². The Morgan fingerprint density at radius 2 is 2.00 bits per heavy atom. The molecule has 0 aromatic heterocycles. The van der Waals surface area contributed by atoms with Crippen molar-refractivity contribution in [3.8, 4) is 0 Å². The first-order chi connectivity index (χ1) is 8.18. The second-order valence-corrected chi connectivity index (χ2v) is 4.46. The standard InChI is InChI=1S/C14H14N2O/c1-11(12-5-3-2-4-6-12)9-14(7-8-14)13(17)10-16-15/h2-6,9-10H,7-8H2,1H3/b11-9-. The number of carbonyl (C=O) groups is 1. The lowest BCUT2D eigenvalue weighted by atomic mass is 9.95. The van der Waals surface area contributed by atoms with Crippen molar-refractivity contribution < 1.29 is 9.58 Å². The molecular formula is C14H14N2O. The Morgan fingerprint density at radius 1 is 1.35 bits per heavy atom. The van der Waals surface area contributed by atoms with Gasteiger partial charge in [0.2, 0.25) is 5.78 Å². The highest BCUT2D eigenvalue weighted by atomic mass is 16.1. The maximum Gasteiger partial charge on any atom is 0.324 e. The molecule has 1 aliphatic rings. The zero-order valence-corrected chi connectivity index (χ0v) is 9.76. The van der Waals surface area contributed by atoms with Crippen LogP contribution >= 0.6 is 0 Å². The molecule has 1 saturated carbocycles. The molecule has 0 aliphatic heterocycles. The van der Waals surface area contributed by atoms with Gasteiger partial charge in [-0.15, -0.1) is 0 Å². The Balaban J connectivity index is 2.26. The van der Waals surface area contributed by atoms with Gasteiger partial charge in [0.1, 0.15) is 0 Å². The summed E-state index contributed by atoms with van der Waals surface area (Å²) in [6.45, 7) is 2.00. The molecule has 3 heteroatoms. The maximum absolute atomic E-state index is 11.7. The van der Waals surface area contributed by atoms with E-state index in [4.69, 9.17) is 5.53 Å². The topological polar surface area (TPSA) is 53.5 Å². The minimum Gasteiger partial charge on any atom is -0.361 e. The second kappa shape index (κ2) is 4.48. The van der Waals surface area contributed by atoms with Crippen LogP contribution in [0, 0.1) is 5.41 Å². The Kier molecular flexibility index (Phi) is 3.03. The Bertz CT molecular complexity index is 506. The van der Waals surface area contributed by atoms with Crippen molar-refractivity contribution in [3.05, 3.63) is 47.5 Å². The average molecular weight is 226 g/mol. The van der Waals surface area contributed by atoms with Gasteiger partial charge < -0.3 is 5.53 Å². The summed E-state index contributed by atoms with van der Waals surface area (Å²) in [5.41, 5.74) is 10.2.